The van der Waals surface area contributed by atoms with Gasteiger partial charge in [-0.1, -0.05) is 5.10 Å². The van der Waals surface area contributed by atoms with E-state index in [9.17, 15) is 17.2 Å². The van der Waals surface area contributed by atoms with E-state index in [1.165, 1.54) is 24.3 Å². The maximum absolute atomic E-state index is 13.5. The topological polar surface area (TPSA) is 110 Å². The second kappa shape index (κ2) is 8.56. The molecule has 0 bridgehead atoms. The number of rotatable bonds is 7. The van der Waals surface area contributed by atoms with Gasteiger partial charge in [0.15, 0.2) is 5.82 Å². The molecule has 2 aromatic carbocycles. The van der Waals surface area contributed by atoms with Crippen molar-refractivity contribution in [2.75, 3.05) is 0 Å². The highest BCUT2D eigenvalue weighted by Crippen LogP contribution is 2.24. The second-order valence-electron chi connectivity index (χ2n) is 6.24. The van der Waals surface area contributed by atoms with Crippen molar-refractivity contribution in [3.05, 3.63) is 65.5 Å². The van der Waals surface area contributed by atoms with Gasteiger partial charge < -0.3 is 4.74 Å². The van der Waals surface area contributed by atoms with Crippen LogP contribution in [0.15, 0.2) is 47.4 Å². The molecule has 3 aromatic rings. The lowest BCUT2D eigenvalue weighted by Gasteiger charge is -2.15. The Bertz CT molecular complexity index is 1200. The van der Waals surface area contributed by atoms with Crippen molar-refractivity contribution in [2.24, 2.45) is 0 Å². The SMILES string of the molecule is CCn1c(Oc2ccc(F)cc2)nnc1[C@@H](C)NS(=O)(=O)c1ccc(F)c(C#N)c1. The fourth-order valence-electron chi connectivity index (χ4n) is 2.71. The quantitative estimate of drug-likeness (QED) is 0.612. The molecule has 0 unspecified atom stereocenters. The highest BCUT2D eigenvalue weighted by molar-refractivity contribution is 7.89. The molecule has 8 nitrogen and oxygen atoms in total. The Morgan fingerprint density at radius 2 is 1.90 bits per heavy atom. The molecular formula is C19H17F2N5O3S. The number of hydrogen-bond acceptors (Lipinski definition) is 6. The van der Waals surface area contributed by atoms with E-state index < -0.39 is 27.7 Å². The Labute approximate surface area is 171 Å². The maximum Gasteiger partial charge on any atom is 0.322 e. The molecular weight excluding hydrogens is 416 g/mol. The van der Waals surface area contributed by atoms with Gasteiger partial charge in [-0.05, 0) is 56.3 Å². The number of ether oxygens (including phenoxy) is 1. The van der Waals surface area contributed by atoms with Crippen LogP contribution in [0.1, 0.15) is 31.3 Å². The minimum absolute atomic E-state index is 0.110. The number of nitrogens with zero attached hydrogens (tertiary/aromatic N) is 4. The smallest absolute Gasteiger partial charge is 0.322 e. The summed E-state index contributed by atoms with van der Waals surface area (Å²) in [5.74, 6) is -0.601. The first-order chi connectivity index (χ1) is 14.2. The van der Waals surface area contributed by atoms with Crippen LogP contribution >= 0.6 is 0 Å². The number of nitriles is 1. The van der Waals surface area contributed by atoms with Crippen molar-refractivity contribution in [2.45, 2.75) is 31.3 Å². The third-order valence-corrected chi connectivity index (χ3v) is 5.71. The summed E-state index contributed by atoms with van der Waals surface area (Å²) < 4.78 is 61.5. The predicted octanol–water partition coefficient (Wildman–Crippen LogP) is 3.28. The van der Waals surface area contributed by atoms with Gasteiger partial charge in [0.2, 0.25) is 10.0 Å². The van der Waals surface area contributed by atoms with E-state index in [1.807, 2.05) is 0 Å². The predicted molar refractivity (Wildman–Crippen MR) is 102 cm³/mol. The van der Waals surface area contributed by atoms with Gasteiger partial charge in [0, 0.05) is 6.54 Å². The Morgan fingerprint density at radius 3 is 2.53 bits per heavy atom. The van der Waals surface area contributed by atoms with Gasteiger partial charge in [0.1, 0.15) is 23.5 Å². The maximum atomic E-state index is 13.5. The van der Waals surface area contributed by atoms with Crippen LogP contribution in [0.3, 0.4) is 0 Å². The van der Waals surface area contributed by atoms with E-state index in [0.717, 1.165) is 18.2 Å². The lowest BCUT2D eigenvalue weighted by atomic mass is 10.2. The monoisotopic (exact) mass is 433 g/mol. The minimum atomic E-state index is -4.07. The van der Waals surface area contributed by atoms with Gasteiger partial charge in [0.25, 0.3) is 0 Å². The first-order valence-electron chi connectivity index (χ1n) is 8.83. The molecule has 0 saturated heterocycles. The molecule has 0 spiro atoms. The number of nitrogens with one attached hydrogen (secondary N) is 1. The van der Waals surface area contributed by atoms with Gasteiger partial charge in [-0.15, -0.1) is 5.10 Å². The van der Waals surface area contributed by atoms with Crippen molar-refractivity contribution in [1.82, 2.24) is 19.5 Å². The zero-order valence-electron chi connectivity index (χ0n) is 16.0. The molecule has 0 saturated carbocycles. The molecule has 0 aliphatic heterocycles. The zero-order valence-corrected chi connectivity index (χ0v) is 16.8. The fourth-order valence-corrected chi connectivity index (χ4v) is 3.94. The van der Waals surface area contributed by atoms with Crippen LogP contribution < -0.4 is 9.46 Å². The standard InChI is InChI=1S/C19H17F2N5O3S/c1-3-26-18(23-24-19(26)29-15-6-4-14(20)5-7-15)12(2)25-30(27,28)16-8-9-17(21)13(10-16)11-22/h4-10,12,25H,3H2,1-2H3/t12-/m1/s1. The highest BCUT2D eigenvalue weighted by Gasteiger charge is 2.24. The van der Waals surface area contributed by atoms with Crippen LogP contribution in [0.5, 0.6) is 11.8 Å². The summed E-state index contributed by atoms with van der Waals surface area (Å²) in [4.78, 5) is -0.252. The lowest BCUT2D eigenvalue weighted by molar-refractivity contribution is 0.407. The number of benzene rings is 2. The van der Waals surface area contributed by atoms with Crippen LogP contribution in [-0.2, 0) is 16.6 Å². The van der Waals surface area contributed by atoms with Crippen molar-refractivity contribution < 1.29 is 21.9 Å². The molecule has 0 fully saturated rings. The van der Waals surface area contributed by atoms with Crippen molar-refractivity contribution in [1.29, 1.82) is 5.26 Å². The molecule has 0 aliphatic rings. The lowest BCUT2D eigenvalue weighted by Crippen LogP contribution is -2.29. The molecule has 0 amide bonds. The van der Waals surface area contributed by atoms with Gasteiger partial charge in [-0.25, -0.2) is 21.9 Å². The molecule has 30 heavy (non-hydrogen) atoms. The Hall–Kier alpha value is -3.36. The van der Waals surface area contributed by atoms with Crippen molar-refractivity contribution >= 4 is 10.0 Å². The Kier molecular flexibility index (Phi) is 6.09. The van der Waals surface area contributed by atoms with E-state index in [1.54, 1.807) is 24.5 Å². The molecule has 3 rings (SSSR count). The third-order valence-electron chi connectivity index (χ3n) is 4.17. The molecule has 0 radical (unpaired) electrons. The Morgan fingerprint density at radius 1 is 1.20 bits per heavy atom. The molecule has 0 aliphatic carbocycles. The van der Waals surface area contributed by atoms with E-state index in [4.69, 9.17) is 10.00 Å². The van der Waals surface area contributed by atoms with Gasteiger partial charge in [-0.2, -0.15) is 5.26 Å². The van der Waals surface area contributed by atoms with Gasteiger partial charge in [0.05, 0.1) is 16.5 Å². The van der Waals surface area contributed by atoms with Crippen LogP contribution in [0.2, 0.25) is 0 Å². The second-order valence-corrected chi connectivity index (χ2v) is 7.95. The third kappa shape index (κ3) is 4.45. The first-order valence-corrected chi connectivity index (χ1v) is 10.3. The van der Waals surface area contributed by atoms with E-state index in [2.05, 4.69) is 14.9 Å². The summed E-state index contributed by atoms with van der Waals surface area (Å²) in [6, 6.07) is 9.17. The summed E-state index contributed by atoms with van der Waals surface area (Å²) in [5, 5.41) is 16.9. The first kappa shape index (κ1) is 21.4. The summed E-state index contributed by atoms with van der Waals surface area (Å²) >= 11 is 0. The fraction of sp³-hybridized carbons (Fsp3) is 0.211. The number of sulfonamides is 1. The molecule has 1 aromatic heterocycles. The molecule has 1 heterocycles. The number of halogens is 2. The molecule has 11 heteroatoms. The highest BCUT2D eigenvalue weighted by atomic mass is 32.2. The minimum Gasteiger partial charge on any atom is -0.424 e. The van der Waals surface area contributed by atoms with Crippen molar-refractivity contribution in [3.8, 4) is 17.8 Å². The van der Waals surface area contributed by atoms with E-state index >= 15 is 0 Å². The average Bonchev–Trinajstić information content (AvgIpc) is 3.12. The van der Waals surface area contributed by atoms with Crippen LogP contribution in [0.25, 0.3) is 0 Å². The largest absolute Gasteiger partial charge is 0.424 e. The number of aromatic nitrogens is 3. The average molecular weight is 433 g/mol. The summed E-state index contributed by atoms with van der Waals surface area (Å²) in [6.07, 6.45) is 0. The Balaban J connectivity index is 1.84. The molecule has 1 atom stereocenters. The number of hydrogen-bond donors (Lipinski definition) is 1. The van der Waals surface area contributed by atoms with E-state index in [-0.39, 0.29) is 22.3 Å². The van der Waals surface area contributed by atoms with Crippen LogP contribution in [-0.4, -0.2) is 23.2 Å². The zero-order chi connectivity index (χ0) is 21.9. The summed E-state index contributed by atoms with van der Waals surface area (Å²) in [6.45, 7) is 3.73. The van der Waals surface area contributed by atoms with E-state index in [0.29, 0.717) is 12.3 Å². The summed E-state index contributed by atoms with van der Waals surface area (Å²) in [5.41, 5.74) is -0.378. The van der Waals surface area contributed by atoms with Gasteiger partial charge >= 0.3 is 6.01 Å². The molecule has 156 valence electrons. The van der Waals surface area contributed by atoms with Crippen LogP contribution in [0, 0.1) is 23.0 Å². The van der Waals surface area contributed by atoms with Gasteiger partial charge in [-0.3, -0.25) is 4.57 Å². The summed E-state index contributed by atoms with van der Waals surface area (Å²) in [7, 11) is -4.07. The van der Waals surface area contributed by atoms with Crippen LogP contribution in [0.4, 0.5) is 8.78 Å². The molecule has 1 N–H and O–H groups in total. The normalized spacial score (nSPS) is 12.4. The van der Waals surface area contributed by atoms with Crippen molar-refractivity contribution in [3.63, 3.8) is 0 Å².